The van der Waals surface area contributed by atoms with E-state index in [1.165, 1.54) is 6.08 Å². The monoisotopic (exact) mass is 196 g/mol. The summed E-state index contributed by atoms with van der Waals surface area (Å²) in [5.41, 5.74) is 0.624. The molecule has 0 spiro atoms. The second-order valence-electron chi connectivity index (χ2n) is 5.07. The van der Waals surface area contributed by atoms with Crippen molar-refractivity contribution in [2.24, 2.45) is 5.41 Å². The van der Waals surface area contributed by atoms with Crippen molar-refractivity contribution in [3.63, 3.8) is 0 Å². The van der Waals surface area contributed by atoms with E-state index in [0.717, 1.165) is 18.4 Å². The molecule has 0 aromatic carbocycles. The van der Waals surface area contributed by atoms with Gasteiger partial charge in [0.2, 0.25) is 0 Å². The minimum absolute atomic E-state index is 0.0528. The summed E-state index contributed by atoms with van der Waals surface area (Å²) in [6.07, 6.45) is 3.36. The lowest BCUT2D eigenvalue weighted by atomic mass is 9.66. The van der Waals surface area contributed by atoms with Crippen LogP contribution in [0.3, 0.4) is 0 Å². The van der Waals surface area contributed by atoms with Gasteiger partial charge in [-0.05, 0) is 30.8 Å². The Hall–Kier alpha value is -0.830. The molecule has 0 radical (unpaired) electrons. The van der Waals surface area contributed by atoms with E-state index in [-0.39, 0.29) is 17.1 Å². The van der Waals surface area contributed by atoms with Crippen molar-refractivity contribution < 1.29 is 14.6 Å². The van der Waals surface area contributed by atoms with Gasteiger partial charge in [0.1, 0.15) is 0 Å². The molecule has 2 fully saturated rings. The molecule has 2 rings (SSSR count). The molecule has 78 valence electrons. The quantitative estimate of drug-likeness (QED) is 0.652. The first-order valence-corrected chi connectivity index (χ1v) is 4.97. The molecule has 1 N–H and O–H groups in total. The number of carboxylic acids is 1. The minimum Gasteiger partial charge on any atom is -0.478 e. The average molecular weight is 196 g/mol. The Morgan fingerprint density at radius 3 is 2.64 bits per heavy atom. The van der Waals surface area contributed by atoms with Crippen LogP contribution in [0, 0.1) is 5.41 Å². The fourth-order valence-corrected chi connectivity index (χ4v) is 2.71. The fourth-order valence-electron chi connectivity index (χ4n) is 2.71. The van der Waals surface area contributed by atoms with E-state index in [1.54, 1.807) is 0 Å². The third kappa shape index (κ3) is 1.12. The summed E-state index contributed by atoms with van der Waals surface area (Å²) < 4.78 is 5.86. The molecule has 0 amide bonds. The summed E-state index contributed by atoms with van der Waals surface area (Å²) in [6, 6.07) is 0. The zero-order valence-corrected chi connectivity index (χ0v) is 8.83. The Kier molecular flexibility index (Phi) is 1.80. The van der Waals surface area contributed by atoms with Gasteiger partial charge in [-0.1, -0.05) is 13.8 Å². The lowest BCUT2D eigenvalue weighted by Gasteiger charge is -2.37. The van der Waals surface area contributed by atoms with Gasteiger partial charge in [-0.3, -0.25) is 0 Å². The number of hydrogen-bond acceptors (Lipinski definition) is 2. The van der Waals surface area contributed by atoms with Gasteiger partial charge in [-0.2, -0.15) is 0 Å². The van der Waals surface area contributed by atoms with Crippen LogP contribution >= 0.6 is 0 Å². The SMILES string of the molecule is CC1(C)CC2CC(=CC(=O)O)C1(C)O2. The molecule has 2 aliphatic heterocycles. The number of carboxylic acid groups (broad SMARTS) is 1. The van der Waals surface area contributed by atoms with Gasteiger partial charge in [-0.25, -0.2) is 4.79 Å². The van der Waals surface area contributed by atoms with Gasteiger partial charge in [-0.15, -0.1) is 0 Å². The molecule has 0 aliphatic carbocycles. The van der Waals surface area contributed by atoms with E-state index < -0.39 is 5.97 Å². The van der Waals surface area contributed by atoms with Crippen LogP contribution in [0.4, 0.5) is 0 Å². The van der Waals surface area contributed by atoms with E-state index in [4.69, 9.17) is 9.84 Å². The second kappa shape index (κ2) is 2.60. The van der Waals surface area contributed by atoms with Gasteiger partial charge in [0.25, 0.3) is 0 Å². The molecule has 14 heavy (non-hydrogen) atoms. The van der Waals surface area contributed by atoms with Crippen molar-refractivity contribution in [3.05, 3.63) is 11.6 Å². The molecule has 0 aromatic rings. The zero-order chi connectivity index (χ0) is 10.6. The second-order valence-corrected chi connectivity index (χ2v) is 5.07. The van der Waals surface area contributed by atoms with Crippen molar-refractivity contribution >= 4 is 5.97 Å². The van der Waals surface area contributed by atoms with Crippen molar-refractivity contribution in [1.82, 2.24) is 0 Å². The summed E-state index contributed by atoms with van der Waals surface area (Å²) in [4.78, 5) is 10.7. The highest BCUT2D eigenvalue weighted by Gasteiger charge is 2.58. The number of rotatable bonds is 1. The van der Waals surface area contributed by atoms with E-state index >= 15 is 0 Å². The van der Waals surface area contributed by atoms with Crippen LogP contribution in [-0.2, 0) is 9.53 Å². The molecule has 2 aliphatic rings. The molecular weight excluding hydrogens is 180 g/mol. The van der Waals surface area contributed by atoms with Crippen molar-refractivity contribution in [3.8, 4) is 0 Å². The molecule has 2 atom stereocenters. The van der Waals surface area contributed by atoms with Crippen LogP contribution in [-0.4, -0.2) is 22.8 Å². The van der Waals surface area contributed by atoms with Gasteiger partial charge >= 0.3 is 5.97 Å². The first-order valence-electron chi connectivity index (χ1n) is 4.97. The molecular formula is C11H16O3. The summed E-state index contributed by atoms with van der Waals surface area (Å²) in [7, 11) is 0. The predicted molar refractivity (Wildman–Crippen MR) is 52.0 cm³/mol. The first-order chi connectivity index (χ1) is 6.35. The Labute approximate surface area is 83.8 Å². The molecule has 2 bridgehead atoms. The first kappa shape index (κ1) is 9.71. The average Bonchev–Trinajstić information content (AvgIpc) is 2.35. The molecule has 2 saturated heterocycles. The van der Waals surface area contributed by atoms with Gasteiger partial charge in [0.05, 0.1) is 11.7 Å². The number of aliphatic carboxylic acids is 1. The van der Waals surface area contributed by atoms with Crippen LogP contribution in [0.1, 0.15) is 33.6 Å². The molecule has 2 unspecified atom stereocenters. The van der Waals surface area contributed by atoms with Gasteiger partial charge < -0.3 is 9.84 Å². The number of hydrogen-bond donors (Lipinski definition) is 1. The zero-order valence-electron chi connectivity index (χ0n) is 8.83. The topological polar surface area (TPSA) is 46.5 Å². The van der Waals surface area contributed by atoms with Crippen LogP contribution in [0.5, 0.6) is 0 Å². The Morgan fingerprint density at radius 2 is 2.21 bits per heavy atom. The van der Waals surface area contributed by atoms with E-state index in [9.17, 15) is 4.79 Å². The normalized spacial score (nSPS) is 41.9. The number of fused-ring (bicyclic) bond motifs is 2. The molecule has 3 heteroatoms. The number of carbonyl (C=O) groups is 1. The highest BCUT2D eigenvalue weighted by molar-refractivity contribution is 5.81. The van der Waals surface area contributed by atoms with Crippen molar-refractivity contribution in [2.45, 2.75) is 45.3 Å². The van der Waals surface area contributed by atoms with Crippen molar-refractivity contribution in [1.29, 1.82) is 0 Å². The Balaban J connectivity index is 2.38. The van der Waals surface area contributed by atoms with Gasteiger partial charge in [0, 0.05) is 6.08 Å². The lowest BCUT2D eigenvalue weighted by Crippen LogP contribution is -2.39. The summed E-state index contributed by atoms with van der Waals surface area (Å²) in [6.45, 7) is 6.29. The highest BCUT2D eigenvalue weighted by atomic mass is 16.5. The maximum Gasteiger partial charge on any atom is 0.328 e. The Morgan fingerprint density at radius 1 is 1.57 bits per heavy atom. The van der Waals surface area contributed by atoms with E-state index in [0.29, 0.717) is 0 Å². The van der Waals surface area contributed by atoms with Crippen LogP contribution < -0.4 is 0 Å². The maximum atomic E-state index is 10.7. The lowest BCUT2D eigenvalue weighted by molar-refractivity contribution is -0.131. The van der Waals surface area contributed by atoms with E-state index in [2.05, 4.69) is 13.8 Å². The molecule has 3 nitrogen and oxygen atoms in total. The minimum atomic E-state index is -0.867. The van der Waals surface area contributed by atoms with Gasteiger partial charge in [0.15, 0.2) is 0 Å². The van der Waals surface area contributed by atoms with E-state index in [1.807, 2.05) is 6.92 Å². The van der Waals surface area contributed by atoms with Crippen LogP contribution in [0.2, 0.25) is 0 Å². The summed E-state index contributed by atoms with van der Waals surface area (Å²) >= 11 is 0. The third-order valence-electron chi connectivity index (χ3n) is 3.79. The predicted octanol–water partition coefficient (Wildman–Crippen LogP) is 1.97. The Bertz CT molecular complexity index is 316. The largest absolute Gasteiger partial charge is 0.478 e. The number of ether oxygens (including phenoxy) is 1. The summed E-state index contributed by atoms with van der Waals surface area (Å²) in [5.74, 6) is -0.867. The fraction of sp³-hybridized carbons (Fsp3) is 0.727. The van der Waals surface area contributed by atoms with Crippen molar-refractivity contribution in [2.75, 3.05) is 0 Å². The third-order valence-corrected chi connectivity index (χ3v) is 3.79. The molecule has 2 heterocycles. The smallest absolute Gasteiger partial charge is 0.328 e. The maximum absolute atomic E-state index is 10.7. The molecule has 0 aromatic heterocycles. The van der Waals surface area contributed by atoms with Crippen LogP contribution in [0.15, 0.2) is 11.6 Å². The highest BCUT2D eigenvalue weighted by Crippen LogP contribution is 2.57. The molecule has 0 saturated carbocycles. The summed E-state index contributed by atoms with van der Waals surface area (Å²) in [5, 5.41) is 8.75. The standard InChI is InChI=1S/C11H16O3/c1-10(2)6-8-4-7(5-9(12)13)11(10,3)14-8/h5,8H,4,6H2,1-3H3,(H,12,13). The van der Waals surface area contributed by atoms with Crippen LogP contribution in [0.25, 0.3) is 0 Å².